The minimum atomic E-state index is -1.11. The second-order valence-electron chi connectivity index (χ2n) is 5.96. The summed E-state index contributed by atoms with van der Waals surface area (Å²) in [4.78, 5) is 34.7. The van der Waals surface area contributed by atoms with E-state index in [1.165, 1.54) is 0 Å². The maximum absolute atomic E-state index is 11.9. The summed E-state index contributed by atoms with van der Waals surface area (Å²) >= 11 is 3.27. The van der Waals surface area contributed by atoms with E-state index in [1.54, 1.807) is 24.3 Å². The number of benzene rings is 1. The van der Waals surface area contributed by atoms with Crippen LogP contribution in [0, 0.1) is 5.92 Å². The summed E-state index contributed by atoms with van der Waals surface area (Å²) in [7, 11) is 0. The average Bonchev–Trinajstić information content (AvgIpc) is 2.52. The molecule has 0 aromatic heterocycles. The molecule has 0 aliphatic carbocycles. The number of carbonyl (C=O) groups excluding carboxylic acids is 2. The predicted octanol–water partition coefficient (Wildman–Crippen LogP) is 1.72. The third-order valence-electron chi connectivity index (χ3n) is 3.30. The molecule has 0 saturated heterocycles. The molecule has 7 heteroatoms. The van der Waals surface area contributed by atoms with E-state index in [1.807, 2.05) is 19.9 Å². The SMILES string of the molecule is CC(C)CC(Br)C(=O)NCC(=O)NC(Cc1ccccc1)C(=O)O. The number of hydrogen-bond acceptors (Lipinski definition) is 3. The summed E-state index contributed by atoms with van der Waals surface area (Å²) in [6.45, 7) is 3.74. The number of rotatable bonds is 9. The van der Waals surface area contributed by atoms with Gasteiger partial charge in [-0.2, -0.15) is 0 Å². The van der Waals surface area contributed by atoms with Crippen LogP contribution in [0.25, 0.3) is 0 Å². The van der Waals surface area contributed by atoms with E-state index in [4.69, 9.17) is 0 Å². The number of aliphatic carboxylic acids is 1. The van der Waals surface area contributed by atoms with Crippen LogP contribution in [-0.2, 0) is 20.8 Å². The fourth-order valence-corrected chi connectivity index (χ4v) is 3.00. The van der Waals surface area contributed by atoms with Gasteiger partial charge in [0.2, 0.25) is 11.8 Å². The number of halogens is 1. The second kappa shape index (κ2) is 10.1. The van der Waals surface area contributed by atoms with E-state index < -0.39 is 17.9 Å². The minimum absolute atomic E-state index is 0.185. The quantitative estimate of drug-likeness (QED) is 0.551. The van der Waals surface area contributed by atoms with Crippen LogP contribution in [0.3, 0.4) is 0 Å². The van der Waals surface area contributed by atoms with Gasteiger partial charge in [-0.25, -0.2) is 4.79 Å². The Morgan fingerprint density at radius 1 is 1.17 bits per heavy atom. The number of carboxylic acid groups (broad SMARTS) is 1. The van der Waals surface area contributed by atoms with Crippen LogP contribution in [0.1, 0.15) is 25.8 Å². The van der Waals surface area contributed by atoms with Gasteiger partial charge in [0.1, 0.15) is 6.04 Å². The second-order valence-corrected chi connectivity index (χ2v) is 7.07. The van der Waals surface area contributed by atoms with Crippen molar-refractivity contribution in [1.82, 2.24) is 10.6 Å². The van der Waals surface area contributed by atoms with Crippen molar-refractivity contribution in [1.29, 1.82) is 0 Å². The highest BCUT2D eigenvalue weighted by Gasteiger charge is 2.21. The van der Waals surface area contributed by atoms with Gasteiger partial charge in [-0.05, 0) is 17.9 Å². The zero-order valence-electron chi connectivity index (χ0n) is 13.8. The van der Waals surface area contributed by atoms with Crippen molar-refractivity contribution in [2.75, 3.05) is 6.54 Å². The Kier molecular flexibility index (Phi) is 8.46. The molecule has 6 nitrogen and oxygen atoms in total. The van der Waals surface area contributed by atoms with Crippen LogP contribution in [0.5, 0.6) is 0 Å². The number of alkyl halides is 1. The molecule has 1 aromatic carbocycles. The average molecular weight is 399 g/mol. The normalized spacial score (nSPS) is 13.2. The summed E-state index contributed by atoms with van der Waals surface area (Å²) in [5.74, 6) is -1.59. The first-order valence-corrected chi connectivity index (χ1v) is 8.69. The molecule has 0 spiro atoms. The topological polar surface area (TPSA) is 95.5 Å². The van der Waals surface area contributed by atoms with E-state index in [0.717, 1.165) is 5.56 Å². The van der Waals surface area contributed by atoms with Gasteiger partial charge in [0.25, 0.3) is 0 Å². The fourth-order valence-electron chi connectivity index (χ4n) is 2.09. The standard InChI is InChI=1S/C17H23BrN2O4/c1-11(2)8-13(18)16(22)19-10-15(21)20-14(17(23)24)9-12-6-4-3-5-7-12/h3-7,11,13-14H,8-10H2,1-2H3,(H,19,22)(H,20,21)(H,23,24). The Morgan fingerprint density at radius 2 is 1.79 bits per heavy atom. The van der Waals surface area contributed by atoms with Gasteiger partial charge in [-0.15, -0.1) is 0 Å². The van der Waals surface area contributed by atoms with Gasteiger partial charge in [0.05, 0.1) is 11.4 Å². The summed E-state index contributed by atoms with van der Waals surface area (Å²) in [5, 5.41) is 14.2. The lowest BCUT2D eigenvalue weighted by Gasteiger charge is -2.16. The maximum atomic E-state index is 11.9. The van der Waals surface area contributed by atoms with Crippen molar-refractivity contribution < 1.29 is 19.5 Å². The Balaban J connectivity index is 2.48. The molecular weight excluding hydrogens is 376 g/mol. The predicted molar refractivity (Wildman–Crippen MR) is 94.9 cm³/mol. The molecule has 0 aliphatic heterocycles. The highest BCUT2D eigenvalue weighted by molar-refractivity contribution is 9.10. The van der Waals surface area contributed by atoms with Crippen molar-refractivity contribution in [3.05, 3.63) is 35.9 Å². The van der Waals surface area contributed by atoms with Crippen LogP contribution in [-0.4, -0.2) is 40.3 Å². The first kappa shape index (κ1) is 20.2. The molecule has 1 aromatic rings. The molecule has 0 aliphatic rings. The molecule has 24 heavy (non-hydrogen) atoms. The largest absolute Gasteiger partial charge is 0.480 e. The summed E-state index contributed by atoms with van der Waals surface area (Å²) in [6.07, 6.45) is 0.837. The molecule has 132 valence electrons. The lowest BCUT2D eigenvalue weighted by molar-refractivity contribution is -0.141. The summed E-state index contributed by atoms with van der Waals surface area (Å²) < 4.78 is 0. The van der Waals surface area contributed by atoms with Crippen LogP contribution in [0.4, 0.5) is 0 Å². The number of carboxylic acids is 1. The van der Waals surface area contributed by atoms with E-state index in [2.05, 4.69) is 26.6 Å². The lowest BCUT2D eigenvalue weighted by atomic mass is 10.1. The minimum Gasteiger partial charge on any atom is -0.480 e. The molecular formula is C17H23BrN2O4. The number of hydrogen-bond donors (Lipinski definition) is 3. The van der Waals surface area contributed by atoms with Crippen LogP contribution < -0.4 is 10.6 Å². The van der Waals surface area contributed by atoms with Crippen LogP contribution in [0.2, 0.25) is 0 Å². The fraction of sp³-hybridized carbons (Fsp3) is 0.471. The van der Waals surface area contributed by atoms with Crippen molar-refractivity contribution in [2.24, 2.45) is 5.92 Å². The van der Waals surface area contributed by atoms with Crippen molar-refractivity contribution in [3.63, 3.8) is 0 Å². The van der Waals surface area contributed by atoms with E-state index >= 15 is 0 Å². The zero-order valence-corrected chi connectivity index (χ0v) is 15.4. The molecule has 1 rings (SSSR count). The van der Waals surface area contributed by atoms with Gasteiger partial charge >= 0.3 is 5.97 Å². The third-order valence-corrected chi connectivity index (χ3v) is 4.09. The lowest BCUT2D eigenvalue weighted by Crippen LogP contribution is -2.47. The van der Waals surface area contributed by atoms with E-state index in [0.29, 0.717) is 12.3 Å². The van der Waals surface area contributed by atoms with Gasteiger partial charge in [0, 0.05) is 6.42 Å². The maximum Gasteiger partial charge on any atom is 0.326 e. The third kappa shape index (κ3) is 7.59. The molecule has 3 N–H and O–H groups in total. The molecule has 0 fully saturated rings. The van der Waals surface area contributed by atoms with Gasteiger partial charge in [0.15, 0.2) is 0 Å². The number of nitrogens with one attached hydrogen (secondary N) is 2. The molecule has 0 heterocycles. The highest BCUT2D eigenvalue weighted by atomic mass is 79.9. The Bertz CT molecular complexity index is 563. The van der Waals surface area contributed by atoms with Crippen LogP contribution in [0.15, 0.2) is 30.3 Å². The number of amides is 2. The van der Waals surface area contributed by atoms with E-state index in [-0.39, 0.29) is 23.7 Å². The Hall–Kier alpha value is -1.89. The van der Waals surface area contributed by atoms with Crippen molar-refractivity contribution in [3.8, 4) is 0 Å². The van der Waals surface area contributed by atoms with Crippen LogP contribution >= 0.6 is 15.9 Å². The smallest absolute Gasteiger partial charge is 0.326 e. The number of carbonyl (C=O) groups is 3. The summed E-state index contributed by atoms with van der Waals surface area (Å²) in [5.41, 5.74) is 0.812. The molecule has 2 atom stereocenters. The van der Waals surface area contributed by atoms with Crippen molar-refractivity contribution >= 4 is 33.7 Å². The monoisotopic (exact) mass is 398 g/mol. The first-order valence-electron chi connectivity index (χ1n) is 7.77. The molecule has 2 unspecified atom stereocenters. The first-order chi connectivity index (χ1) is 11.3. The molecule has 2 amide bonds. The van der Waals surface area contributed by atoms with E-state index in [9.17, 15) is 19.5 Å². The van der Waals surface area contributed by atoms with Gasteiger partial charge in [-0.1, -0.05) is 60.1 Å². The molecule has 0 bridgehead atoms. The van der Waals surface area contributed by atoms with Gasteiger partial charge in [-0.3, -0.25) is 9.59 Å². The van der Waals surface area contributed by atoms with Gasteiger partial charge < -0.3 is 15.7 Å². The molecule has 0 radical (unpaired) electrons. The zero-order chi connectivity index (χ0) is 18.1. The summed E-state index contributed by atoms with van der Waals surface area (Å²) in [6, 6.07) is 8.01. The molecule has 0 saturated carbocycles. The Labute approximate surface area is 150 Å². The van der Waals surface area contributed by atoms with Crippen molar-refractivity contribution in [2.45, 2.75) is 37.6 Å². The highest BCUT2D eigenvalue weighted by Crippen LogP contribution is 2.12. The Morgan fingerprint density at radius 3 is 2.33 bits per heavy atom.